The minimum atomic E-state index is -3.57. The highest BCUT2D eigenvalue weighted by Crippen LogP contribution is 2.50. The van der Waals surface area contributed by atoms with E-state index < -0.39 is 6.29 Å². The van der Waals surface area contributed by atoms with Crippen molar-refractivity contribution in [2.45, 2.75) is 32.0 Å². The number of halogens is 2. The quantitative estimate of drug-likeness (QED) is 0.787. The normalized spacial score (nSPS) is 27.7. The Bertz CT molecular complexity index is 747. The second-order valence-electron chi connectivity index (χ2n) is 5.98. The predicted molar refractivity (Wildman–Crippen MR) is 76.3 cm³/mol. The number of pyridine rings is 1. The molecule has 4 rings (SSSR count). The third kappa shape index (κ3) is 1.88. The summed E-state index contributed by atoms with van der Waals surface area (Å²) in [6.07, 6.45) is -1.78. The van der Waals surface area contributed by atoms with E-state index in [9.17, 15) is 8.78 Å². The molecule has 0 radical (unpaired) electrons. The van der Waals surface area contributed by atoms with Gasteiger partial charge in [0.2, 0.25) is 0 Å². The Kier molecular flexibility index (Phi) is 2.71. The van der Waals surface area contributed by atoms with Gasteiger partial charge in [0.15, 0.2) is 11.5 Å². The van der Waals surface area contributed by atoms with Crippen molar-refractivity contribution in [1.29, 1.82) is 0 Å². The largest absolute Gasteiger partial charge is 0.586 e. The molecule has 0 spiro atoms. The number of rotatable bonds is 1. The van der Waals surface area contributed by atoms with Gasteiger partial charge in [-0.3, -0.25) is 4.98 Å². The van der Waals surface area contributed by atoms with E-state index in [0.717, 1.165) is 16.8 Å². The first kappa shape index (κ1) is 13.5. The summed E-state index contributed by atoms with van der Waals surface area (Å²) in [6.45, 7) is 4.31. The maximum Gasteiger partial charge on any atom is 0.586 e. The molecule has 0 bridgehead atoms. The fourth-order valence-electron chi connectivity index (χ4n) is 3.54. The van der Waals surface area contributed by atoms with Gasteiger partial charge in [0.25, 0.3) is 0 Å². The Morgan fingerprint density at radius 2 is 1.86 bits per heavy atom. The lowest BCUT2D eigenvalue weighted by Gasteiger charge is -2.19. The van der Waals surface area contributed by atoms with E-state index in [1.807, 2.05) is 12.1 Å². The average molecular weight is 303 g/mol. The topological polar surface area (TPSA) is 31.4 Å². The van der Waals surface area contributed by atoms with E-state index in [2.05, 4.69) is 34.4 Å². The molecule has 5 heteroatoms. The molecule has 0 saturated carbocycles. The Hall–Kier alpha value is -2.17. The van der Waals surface area contributed by atoms with Crippen LogP contribution >= 0.6 is 0 Å². The summed E-state index contributed by atoms with van der Waals surface area (Å²) < 4.78 is 35.4. The summed E-state index contributed by atoms with van der Waals surface area (Å²) in [5, 5.41) is 0. The summed E-state index contributed by atoms with van der Waals surface area (Å²) >= 11 is 0. The smallest absolute Gasteiger partial charge is 0.395 e. The molecule has 0 N–H and O–H groups in total. The van der Waals surface area contributed by atoms with Crippen LogP contribution in [0.4, 0.5) is 8.78 Å². The number of hydrogen-bond acceptors (Lipinski definition) is 3. The highest BCUT2D eigenvalue weighted by molar-refractivity contribution is 5.50. The number of nitrogens with zero attached hydrogens (tertiary/aromatic N) is 1. The summed E-state index contributed by atoms with van der Waals surface area (Å²) in [4.78, 5) is 4.49. The molecule has 1 aliphatic carbocycles. The van der Waals surface area contributed by atoms with Gasteiger partial charge in [-0.05, 0) is 35.2 Å². The number of hydrogen-bond donors (Lipinski definition) is 0. The Morgan fingerprint density at radius 3 is 2.68 bits per heavy atom. The Labute approximate surface area is 126 Å². The second-order valence-corrected chi connectivity index (χ2v) is 5.98. The minimum Gasteiger partial charge on any atom is -0.395 e. The molecule has 3 unspecified atom stereocenters. The van der Waals surface area contributed by atoms with Gasteiger partial charge in [-0.2, -0.15) is 0 Å². The van der Waals surface area contributed by atoms with Gasteiger partial charge in [-0.15, -0.1) is 8.78 Å². The molecular formula is C17H15F2NO2. The van der Waals surface area contributed by atoms with Crippen molar-refractivity contribution in [2.24, 2.45) is 5.92 Å². The SMILES string of the molecule is CC1c2ncccc2C(c2ccc3c(c2)OC(F)(F)O3)C1C. The lowest BCUT2D eigenvalue weighted by Crippen LogP contribution is -2.25. The lowest BCUT2D eigenvalue weighted by molar-refractivity contribution is -0.286. The number of benzene rings is 1. The molecule has 0 saturated heterocycles. The molecule has 1 aromatic carbocycles. The van der Waals surface area contributed by atoms with Gasteiger partial charge in [0.05, 0.1) is 0 Å². The molecule has 0 fully saturated rings. The van der Waals surface area contributed by atoms with Crippen LogP contribution in [0.1, 0.15) is 42.5 Å². The van der Waals surface area contributed by atoms with Crippen molar-refractivity contribution in [3.63, 3.8) is 0 Å². The van der Waals surface area contributed by atoms with E-state index in [1.54, 1.807) is 18.3 Å². The molecule has 3 atom stereocenters. The summed E-state index contributed by atoms with van der Waals surface area (Å²) in [5.41, 5.74) is 3.20. The zero-order valence-electron chi connectivity index (χ0n) is 12.2. The van der Waals surface area contributed by atoms with Crippen molar-refractivity contribution in [2.75, 3.05) is 0 Å². The average Bonchev–Trinajstić information content (AvgIpc) is 2.92. The van der Waals surface area contributed by atoms with E-state index in [1.165, 1.54) is 0 Å². The monoisotopic (exact) mass is 303 g/mol. The third-order valence-corrected chi connectivity index (χ3v) is 4.74. The molecule has 114 valence electrons. The van der Waals surface area contributed by atoms with Crippen LogP contribution < -0.4 is 9.47 Å². The van der Waals surface area contributed by atoms with Gasteiger partial charge >= 0.3 is 6.29 Å². The zero-order chi connectivity index (χ0) is 15.5. The maximum absolute atomic E-state index is 13.2. The van der Waals surface area contributed by atoms with Crippen LogP contribution in [0.25, 0.3) is 0 Å². The standard InChI is InChI=1S/C17H15F2NO2/c1-9-10(2)16-12(4-3-7-20-16)15(9)11-5-6-13-14(8-11)22-17(18,19)21-13/h3-10,15H,1-2H3. The molecule has 3 nitrogen and oxygen atoms in total. The van der Waals surface area contributed by atoms with Gasteiger partial charge in [0, 0.05) is 23.7 Å². The van der Waals surface area contributed by atoms with Gasteiger partial charge in [0.1, 0.15) is 0 Å². The van der Waals surface area contributed by atoms with Crippen LogP contribution in [0.3, 0.4) is 0 Å². The molecule has 1 aromatic heterocycles. The molecule has 0 amide bonds. The molecule has 22 heavy (non-hydrogen) atoms. The third-order valence-electron chi connectivity index (χ3n) is 4.74. The minimum absolute atomic E-state index is 0.0823. The highest BCUT2D eigenvalue weighted by atomic mass is 19.3. The molecule has 2 heterocycles. The van der Waals surface area contributed by atoms with Crippen molar-refractivity contribution in [3.8, 4) is 11.5 Å². The number of ether oxygens (including phenoxy) is 2. The lowest BCUT2D eigenvalue weighted by atomic mass is 9.84. The van der Waals surface area contributed by atoms with Gasteiger partial charge in [-0.25, -0.2) is 0 Å². The first-order valence-corrected chi connectivity index (χ1v) is 7.31. The van der Waals surface area contributed by atoms with E-state index in [0.29, 0.717) is 11.8 Å². The molecule has 1 aliphatic heterocycles. The highest BCUT2D eigenvalue weighted by Gasteiger charge is 2.44. The van der Waals surface area contributed by atoms with Crippen molar-refractivity contribution >= 4 is 0 Å². The first-order valence-electron chi connectivity index (χ1n) is 7.31. The zero-order valence-corrected chi connectivity index (χ0v) is 12.2. The maximum atomic E-state index is 13.2. The Balaban J connectivity index is 1.78. The van der Waals surface area contributed by atoms with Crippen LogP contribution in [0.15, 0.2) is 36.5 Å². The predicted octanol–water partition coefficient (Wildman–Crippen LogP) is 4.29. The van der Waals surface area contributed by atoms with Crippen LogP contribution in [0.5, 0.6) is 11.5 Å². The van der Waals surface area contributed by atoms with Gasteiger partial charge in [-0.1, -0.05) is 26.0 Å². The number of aromatic nitrogens is 1. The molecular weight excluding hydrogens is 288 g/mol. The van der Waals surface area contributed by atoms with Gasteiger partial charge < -0.3 is 9.47 Å². The Morgan fingerprint density at radius 1 is 1.09 bits per heavy atom. The van der Waals surface area contributed by atoms with Crippen LogP contribution in [0, 0.1) is 5.92 Å². The van der Waals surface area contributed by atoms with E-state index >= 15 is 0 Å². The van der Waals surface area contributed by atoms with Crippen molar-refractivity contribution < 1.29 is 18.3 Å². The summed E-state index contributed by atoms with van der Waals surface area (Å²) in [7, 11) is 0. The number of fused-ring (bicyclic) bond motifs is 2. The van der Waals surface area contributed by atoms with Crippen LogP contribution in [-0.2, 0) is 0 Å². The van der Waals surface area contributed by atoms with E-state index in [-0.39, 0.29) is 17.4 Å². The fourth-order valence-corrected chi connectivity index (χ4v) is 3.54. The second kappa shape index (κ2) is 4.41. The summed E-state index contributed by atoms with van der Waals surface area (Å²) in [5.74, 6) is 0.971. The first-order chi connectivity index (χ1) is 10.5. The van der Waals surface area contributed by atoms with Crippen LogP contribution in [0.2, 0.25) is 0 Å². The van der Waals surface area contributed by atoms with Crippen LogP contribution in [-0.4, -0.2) is 11.3 Å². The van der Waals surface area contributed by atoms with E-state index in [4.69, 9.17) is 0 Å². The molecule has 2 aromatic rings. The molecule has 2 aliphatic rings. The number of alkyl halides is 2. The van der Waals surface area contributed by atoms with Crippen molar-refractivity contribution in [1.82, 2.24) is 4.98 Å². The summed E-state index contributed by atoms with van der Waals surface area (Å²) in [6, 6.07) is 9.02. The van der Waals surface area contributed by atoms with Crippen molar-refractivity contribution in [3.05, 3.63) is 53.3 Å². The fraction of sp³-hybridized carbons (Fsp3) is 0.353.